The van der Waals surface area contributed by atoms with Gasteiger partial charge in [-0.1, -0.05) is 18.2 Å². The number of fused-ring (bicyclic) bond motifs is 1. The van der Waals surface area contributed by atoms with E-state index in [0.717, 1.165) is 16.7 Å². The number of carbonyl (C=O) groups excluding carboxylic acids is 1. The highest BCUT2D eigenvalue weighted by molar-refractivity contribution is 6.02. The Labute approximate surface area is 133 Å². The lowest BCUT2D eigenvalue weighted by molar-refractivity contribution is 0.256. The van der Waals surface area contributed by atoms with Crippen LogP contribution < -0.4 is 16.4 Å². The number of nitrogens with zero attached hydrogens (tertiary/aromatic N) is 1. The summed E-state index contributed by atoms with van der Waals surface area (Å²) < 4.78 is 5.50. The molecule has 0 spiro atoms. The van der Waals surface area contributed by atoms with Gasteiger partial charge in [0.2, 0.25) is 5.96 Å². The number of nitrogens with one attached hydrogen (secondary N) is 2. The molecule has 1 heterocycles. The largest absolute Gasteiger partial charge is 0.461 e. The fourth-order valence-electron chi connectivity index (χ4n) is 2.20. The first-order valence-corrected chi connectivity index (χ1v) is 7.07. The van der Waals surface area contributed by atoms with Crippen LogP contribution in [0.15, 0.2) is 64.0 Å². The van der Waals surface area contributed by atoms with Crippen molar-refractivity contribution < 1.29 is 9.21 Å². The number of guanidine groups is 1. The maximum Gasteiger partial charge on any atom is 0.325 e. The molecule has 0 fully saturated rings. The summed E-state index contributed by atoms with van der Waals surface area (Å²) in [5, 5.41) is 6.09. The molecule has 0 unspecified atom stereocenters. The lowest BCUT2D eigenvalue weighted by Gasteiger charge is -2.06. The number of nitrogens with two attached hydrogens (primary N) is 1. The summed E-state index contributed by atoms with van der Waals surface area (Å²) >= 11 is 0. The van der Waals surface area contributed by atoms with Gasteiger partial charge in [0.25, 0.3) is 0 Å². The Bertz CT molecular complexity index is 869. The van der Waals surface area contributed by atoms with Crippen LogP contribution >= 0.6 is 0 Å². The first-order chi connectivity index (χ1) is 11.1. The number of hydrogen-bond donors (Lipinski definition) is 3. The Morgan fingerprint density at radius 1 is 1.13 bits per heavy atom. The van der Waals surface area contributed by atoms with Gasteiger partial charge in [0.15, 0.2) is 0 Å². The number of furan rings is 1. The highest BCUT2D eigenvalue weighted by Gasteiger charge is 2.05. The van der Waals surface area contributed by atoms with Crippen molar-refractivity contribution in [3.8, 4) is 0 Å². The van der Waals surface area contributed by atoms with E-state index in [0.29, 0.717) is 11.4 Å². The number of hydrogen-bond acceptors (Lipinski definition) is 3. The van der Waals surface area contributed by atoms with Crippen LogP contribution in [0.5, 0.6) is 0 Å². The van der Waals surface area contributed by atoms with Crippen molar-refractivity contribution in [2.24, 2.45) is 10.7 Å². The molecule has 3 aromatic rings. The second-order valence-electron chi connectivity index (χ2n) is 5.02. The summed E-state index contributed by atoms with van der Waals surface area (Å²) in [6, 6.07) is 16.0. The van der Waals surface area contributed by atoms with E-state index in [-0.39, 0.29) is 5.96 Å². The minimum absolute atomic E-state index is 0.0120. The fourth-order valence-corrected chi connectivity index (χ4v) is 2.20. The maximum absolute atomic E-state index is 11.8. The number of aryl methyl sites for hydroxylation is 1. The summed E-state index contributed by atoms with van der Waals surface area (Å²) in [5.74, 6) is 0.840. The molecular formula is C17H16N4O2. The normalized spacial score (nSPS) is 11.4. The fraction of sp³-hybridized carbons (Fsp3) is 0.0588. The number of carbonyl (C=O) groups is 1. The second-order valence-corrected chi connectivity index (χ2v) is 5.02. The number of anilines is 1. The molecule has 0 aliphatic heterocycles. The number of urea groups is 1. The Morgan fingerprint density at radius 3 is 2.70 bits per heavy atom. The molecule has 2 amide bonds. The summed E-state index contributed by atoms with van der Waals surface area (Å²) in [5.41, 5.74) is 7.86. The summed E-state index contributed by atoms with van der Waals surface area (Å²) in [4.78, 5) is 16.0. The van der Waals surface area contributed by atoms with Crippen molar-refractivity contribution in [2.75, 3.05) is 5.32 Å². The summed E-state index contributed by atoms with van der Waals surface area (Å²) in [6.07, 6.45) is 0. The SMILES string of the molecule is Cc1cc2cc(N=C(N)NC(=O)Nc3ccccc3)ccc2o1. The van der Waals surface area contributed by atoms with E-state index in [1.807, 2.05) is 43.3 Å². The molecule has 1 aromatic heterocycles. The van der Waals surface area contributed by atoms with Gasteiger partial charge in [0.05, 0.1) is 5.69 Å². The van der Waals surface area contributed by atoms with Crippen LogP contribution in [0.25, 0.3) is 11.0 Å². The van der Waals surface area contributed by atoms with E-state index in [2.05, 4.69) is 15.6 Å². The molecule has 6 heteroatoms. The first kappa shape index (κ1) is 14.6. The van der Waals surface area contributed by atoms with Gasteiger partial charge in [-0.25, -0.2) is 9.79 Å². The number of amides is 2. The zero-order valence-electron chi connectivity index (χ0n) is 12.5. The van der Waals surface area contributed by atoms with Gasteiger partial charge in [-0.2, -0.15) is 0 Å². The number of rotatable bonds is 2. The van der Waals surface area contributed by atoms with Crippen LogP contribution in [0.4, 0.5) is 16.2 Å². The predicted molar refractivity (Wildman–Crippen MR) is 90.8 cm³/mol. The molecule has 0 aliphatic rings. The van der Waals surface area contributed by atoms with Crippen molar-refractivity contribution in [1.29, 1.82) is 0 Å². The Kier molecular flexibility index (Phi) is 3.97. The monoisotopic (exact) mass is 308 g/mol. The van der Waals surface area contributed by atoms with Crippen LogP contribution in [0.2, 0.25) is 0 Å². The third-order valence-electron chi connectivity index (χ3n) is 3.15. The van der Waals surface area contributed by atoms with E-state index >= 15 is 0 Å². The minimum Gasteiger partial charge on any atom is -0.461 e. The van der Waals surface area contributed by atoms with Crippen LogP contribution in [-0.2, 0) is 0 Å². The molecule has 4 N–H and O–H groups in total. The molecule has 0 saturated heterocycles. The van der Waals surface area contributed by atoms with Crippen LogP contribution in [0, 0.1) is 6.92 Å². The van der Waals surface area contributed by atoms with E-state index in [1.165, 1.54) is 0 Å². The van der Waals surface area contributed by atoms with Gasteiger partial charge in [-0.3, -0.25) is 5.32 Å². The zero-order valence-corrected chi connectivity index (χ0v) is 12.5. The molecule has 23 heavy (non-hydrogen) atoms. The molecular weight excluding hydrogens is 292 g/mol. The van der Waals surface area contributed by atoms with Crippen molar-refractivity contribution in [2.45, 2.75) is 6.92 Å². The van der Waals surface area contributed by atoms with Gasteiger partial charge in [-0.15, -0.1) is 0 Å². The standard InChI is InChI=1S/C17H16N4O2/c1-11-9-12-10-14(7-8-15(12)23-11)19-16(18)21-17(22)20-13-5-3-2-4-6-13/h2-10H,1H3,(H4,18,19,20,21,22). The topological polar surface area (TPSA) is 92.6 Å². The molecule has 6 nitrogen and oxygen atoms in total. The quantitative estimate of drug-likeness (QED) is 0.499. The highest BCUT2D eigenvalue weighted by atomic mass is 16.3. The van der Waals surface area contributed by atoms with Crippen LogP contribution in [0.3, 0.4) is 0 Å². The van der Waals surface area contributed by atoms with E-state index in [1.54, 1.807) is 18.2 Å². The second kappa shape index (κ2) is 6.23. The van der Waals surface area contributed by atoms with Crippen molar-refractivity contribution in [3.05, 3.63) is 60.4 Å². The molecule has 2 aromatic carbocycles. The smallest absolute Gasteiger partial charge is 0.325 e. The Morgan fingerprint density at radius 2 is 1.91 bits per heavy atom. The van der Waals surface area contributed by atoms with Crippen molar-refractivity contribution in [1.82, 2.24) is 5.32 Å². The average molecular weight is 308 g/mol. The molecule has 116 valence electrons. The van der Waals surface area contributed by atoms with E-state index < -0.39 is 6.03 Å². The molecule has 0 radical (unpaired) electrons. The molecule has 0 saturated carbocycles. The van der Waals surface area contributed by atoms with E-state index in [9.17, 15) is 4.79 Å². The Balaban J connectivity index is 1.69. The summed E-state index contributed by atoms with van der Waals surface area (Å²) in [7, 11) is 0. The molecule has 0 bridgehead atoms. The van der Waals surface area contributed by atoms with Crippen molar-refractivity contribution >= 4 is 34.3 Å². The first-order valence-electron chi connectivity index (χ1n) is 7.07. The predicted octanol–water partition coefficient (Wildman–Crippen LogP) is 3.51. The van der Waals surface area contributed by atoms with E-state index in [4.69, 9.17) is 10.2 Å². The van der Waals surface area contributed by atoms with Crippen LogP contribution in [-0.4, -0.2) is 12.0 Å². The lowest BCUT2D eigenvalue weighted by Crippen LogP contribution is -2.39. The van der Waals surface area contributed by atoms with Gasteiger partial charge in [0.1, 0.15) is 11.3 Å². The van der Waals surface area contributed by atoms with Gasteiger partial charge in [-0.05, 0) is 43.3 Å². The van der Waals surface area contributed by atoms with Gasteiger partial charge >= 0.3 is 6.03 Å². The molecule has 0 aliphatic carbocycles. The molecule has 0 atom stereocenters. The third-order valence-corrected chi connectivity index (χ3v) is 3.15. The highest BCUT2D eigenvalue weighted by Crippen LogP contribution is 2.24. The van der Waals surface area contributed by atoms with Crippen molar-refractivity contribution in [3.63, 3.8) is 0 Å². The number of benzene rings is 2. The Hall–Kier alpha value is -3.28. The molecule has 3 rings (SSSR count). The van der Waals surface area contributed by atoms with Gasteiger partial charge in [0, 0.05) is 11.1 Å². The van der Waals surface area contributed by atoms with Crippen LogP contribution in [0.1, 0.15) is 5.76 Å². The lowest BCUT2D eigenvalue weighted by atomic mass is 10.2. The minimum atomic E-state index is -0.447. The third kappa shape index (κ3) is 3.68. The number of para-hydroxylation sites is 1. The summed E-state index contributed by atoms with van der Waals surface area (Å²) in [6.45, 7) is 1.88. The number of aliphatic imine (C=N–C) groups is 1. The zero-order chi connectivity index (χ0) is 16.2. The average Bonchev–Trinajstić information content (AvgIpc) is 2.87. The maximum atomic E-state index is 11.8. The van der Waals surface area contributed by atoms with Gasteiger partial charge < -0.3 is 15.5 Å².